The van der Waals surface area contributed by atoms with Crippen LogP contribution in [0.5, 0.6) is 11.5 Å². The third-order valence-corrected chi connectivity index (χ3v) is 7.58. The molecule has 4 rings (SSSR count). The van der Waals surface area contributed by atoms with E-state index in [0.29, 0.717) is 6.42 Å². The number of hydrogen-bond donors (Lipinski definition) is 0. The molecule has 1 atom stereocenters. The van der Waals surface area contributed by atoms with Crippen LogP contribution in [-0.2, 0) is 10.1 Å². The third kappa shape index (κ3) is 3.68. The number of rotatable bonds is 6. The number of para-hydroxylation sites is 1. The fraction of sp³-hybridized carbons (Fsp3) is 0.227. The Morgan fingerprint density at radius 3 is 2.38 bits per heavy atom. The number of ether oxygens (including phenoxy) is 1. The first kappa shape index (κ1) is 19.7. The summed E-state index contributed by atoms with van der Waals surface area (Å²) in [5, 5.41) is 1.92. The van der Waals surface area contributed by atoms with Gasteiger partial charge in [0.1, 0.15) is 16.2 Å². The van der Waals surface area contributed by atoms with Crippen LogP contribution in [0, 0.1) is 6.92 Å². The fourth-order valence-corrected chi connectivity index (χ4v) is 5.10. The van der Waals surface area contributed by atoms with Gasteiger partial charge in [-0.3, -0.25) is 0 Å². The predicted octanol–water partition coefficient (Wildman–Crippen LogP) is 5.00. The lowest BCUT2D eigenvalue weighted by Gasteiger charge is -2.09. The van der Waals surface area contributed by atoms with Crippen LogP contribution in [0.25, 0.3) is 21.0 Å². The summed E-state index contributed by atoms with van der Waals surface area (Å²) in [6, 6.07) is 19.3. The first-order valence-electron chi connectivity index (χ1n) is 9.44. The highest BCUT2D eigenvalue weighted by molar-refractivity contribution is 7.87. The summed E-state index contributed by atoms with van der Waals surface area (Å²) < 4.78 is 39.3. The molecule has 0 saturated carbocycles. The monoisotopic (exact) mass is 428 g/mol. The van der Waals surface area contributed by atoms with Crippen molar-refractivity contribution in [1.29, 1.82) is 0 Å². The Hall–Kier alpha value is -2.64. The van der Waals surface area contributed by atoms with Crippen LogP contribution in [0.1, 0.15) is 25.3 Å². The van der Waals surface area contributed by atoms with Crippen LogP contribution in [0.15, 0.2) is 60.7 Å². The second-order valence-corrected chi connectivity index (χ2v) is 10.1. The Morgan fingerprint density at radius 1 is 1.03 bits per heavy atom. The molecule has 0 amide bonds. The molecule has 0 aliphatic rings. The maximum Gasteiger partial charge on any atom is 0.369 e. The summed E-state index contributed by atoms with van der Waals surface area (Å²) in [6.45, 7) is 5.34. The molecule has 0 spiro atoms. The Balaban J connectivity index is 1.91. The standard InChI is InChI=1S/C22H22NO4S2/c1-4-15(2)29(24,25)27-23-16(3)28-21-14-20(26-17-10-6-5-7-11-17)18-12-8-9-13-19(18)22(21)23/h5-15H,4H2,1-3H3/q+1. The van der Waals surface area contributed by atoms with Crippen LogP contribution in [-0.4, -0.2) is 13.7 Å². The van der Waals surface area contributed by atoms with Crippen molar-refractivity contribution in [2.75, 3.05) is 0 Å². The van der Waals surface area contributed by atoms with Gasteiger partial charge in [0.15, 0.2) is 0 Å². The number of thiazole rings is 1. The summed E-state index contributed by atoms with van der Waals surface area (Å²) in [4.78, 5) is 0. The minimum absolute atomic E-state index is 0.486. The summed E-state index contributed by atoms with van der Waals surface area (Å²) in [7, 11) is -3.74. The van der Waals surface area contributed by atoms with Crippen molar-refractivity contribution in [2.45, 2.75) is 32.4 Å². The number of nitrogens with zero attached hydrogens (tertiary/aromatic N) is 1. The molecule has 29 heavy (non-hydrogen) atoms. The van der Waals surface area contributed by atoms with Crippen LogP contribution in [0.3, 0.4) is 0 Å². The zero-order chi connectivity index (χ0) is 20.6. The number of aryl methyl sites for hydroxylation is 1. The highest BCUT2D eigenvalue weighted by Crippen LogP contribution is 2.37. The molecule has 0 bridgehead atoms. The predicted molar refractivity (Wildman–Crippen MR) is 116 cm³/mol. The van der Waals surface area contributed by atoms with Gasteiger partial charge in [-0.2, -0.15) is 8.42 Å². The van der Waals surface area contributed by atoms with Crippen molar-refractivity contribution in [3.8, 4) is 11.5 Å². The zero-order valence-electron chi connectivity index (χ0n) is 16.5. The van der Waals surface area contributed by atoms with Gasteiger partial charge in [0.2, 0.25) is 0 Å². The number of aromatic nitrogens is 1. The molecular formula is C22H22NO4S2+. The molecule has 1 unspecified atom stereocenters. The minimum Gasteiger partial charge on any atom is -0.457 e. The maximum atomic E-state index is 12.6. The lowest BCUT2D eigenvalue weighted by Crippen LogP contribution is -2.49. The largest absolute Gasteiger partial charge is 0.457 e. The van der Waals surface area contributed by atoms with E-state index in [9.17, 15) is 8.42 Å². The van der Waals surface area contributed by atoms with E-state index in [1.54, 1.807) is 6.92 Å². The van der Waals surface area contributed by atoms with Gasteiger partial charge >= 0.3 is 10.1 Å². The van der Waals surface area contributed by atoms with Crippen molar-refractivity contribution in [3.63, 3.8) is 0 Å². The van der Waals surface area contributed by atoms with Gasteiger partial charge in [-0.1, -0.05) is 54.7 Å². The average molecular weight is 429 g/mol. The molecule has 0 aliphatic carbocycles. The molecule has 1 aromatic heterocycles. The summed E-state index contributed by atoms with van der Waals surface area (Å²) in [6.07, 6.45) is 0.486. The molecule has 7 heteroatoms. The molecule has 0 aliphatic heterocycles. The highest BCUT2D eigenvalue weighted by Gasteiger charge is 2.32. The van der Waals surface area contributed by atoms with Crippen LogP contribution < -0.4 is 13.8 Å². The molecule has 4 aromatic rings. The van der Waals surface area contributed by atoms with Crippen LogP contribution >= 0.6 is 11.3 Å². The van der Waals surface area contributed by atoms with E-state index < -0.39 is 15.4 Å². The second-order valence-electron chi connectivity index (χ2n) is 6.88. The van der Waals surface area contributed by atoms with Crippen molar-refractivity contribution >= 4 is 42.4 Å². The molecule has 3 aromatic carbocycles. The van der Waals surface area contributed by atoms with Gasteiger partial charge in [-0.15, -0.1) is 4.28 Å². The Bertz CT molecular complexity index is 1280. The van der Waals surface area contributed by atoms with Gasteiger partial charge in [0, 0.05) is 23.1 Å². The number of hydrogen-bond acceptors (Lipinski definition) is 5. The number of fused-ring (bicyclic) bond motifs is 3. The summed E-state index contributed by atoms with van der Waals surface area (Å²) >= 11 is 1.47. The maximum absolute atomic E-state index is 12.6. The molecule has 0 radical (unpaired) electrons. The SMILES string of the molecule is CCC(C)S(=O)(=O)O[n+]1c(C)sc2cc(Oc3ccccc3)c3ccccc3c21. The smallest absolute Gasteiger partial charge is 0.369 e. The first-order valence-corrected chi connectivity index (χ1v) is 11.7. The van der Waals surface area contributed by atoms with Gasteiger partial charge in [0.05, 0.1) is 10.6 Å². The molecule has 5 nitrogen and oxygen atoms in total. The second kappa shape index (κ2) is 7.65. The Morgan fingerprint density at radius 2 is 1.69 bits per heavy atom. The van der Waals surface area contributed by atoms with Crippen molar-refractivity contribution < 1.29 is 22.2 Å². The van der Waals surface area contributed by atoms with E-state index in [1.807, 2.05) is 74.5 Å². The lowest BCUT2D eigenvalue weighted by atomic mass is 10.1. The first-order chi connectivity index (χ1) is 13.9. The van der Waals surface area contributed by atoms with E-state index in [0.717, 1.165) is 37.5 Å². The van der Waals surface area contributed by atoms with Crippen molar-refractivity contribution in [1.82, 2.24) is 0 Å². The Kier molecular flexibility index (Phi) is 5.19. The van der Waals surface area contributed by atoms with Gasteiger partial charge in [-0.25, -0.2) is 0 Å². The summed E-state index contributed by atoms with van der Waals surface area (Å²) in [5.41, 5.74) is 0.732. The molecular weight excluding hydrogens is 406 g/mol. The molecule has 0 N–H and O–H groups in total. The molecule has 0 saturated heterocycles. The van der Waals surface area contributed by atoms with Gasteiger partial charge in [0.25, 0.3) is 10.5 Å². The minimum atomic E-state index is -3.74. The van der Waals surface area contributed by atoms with Gasteiger partial charge < -0.3 is 4.74 Å². The lowest BCUT2D eigenvalue weighted by molar-refractivity contribution is -0.835. The molecule has 150 valence electrons. The fourth-order valence-electron chi connectivity index (χ4n) is 3.12. The Labute approximate surface area is 174 Å². The normalized spacial score (nSPS) is 12.9. The topological polar surface area (TPSA) is 56.5 Å². The van der Waals surface area contributed by atoms with E-state index in [1.165, 1.54) is 16.1 Å². The van der Waals surface area contributed by atoms with E-state index in [-0.39, 0.29) is 0 Å². The average Bonchev–Trinajstić information content (AvgIpc) is 3.02. The van der Waals surface area contributed by atoms with Crippen LogP contribution in [0.2, 0.25) is 0 Å². The quantitative estimate of drug-likeness (QED) is 0.406. The summed E-state index contributed by atoms with van der Waals surface area (Å²) in [5.74, 6) is 1.46. The molecule has 1 heterocycles. The molecule has 0 fully saturated rings. The third-order valence-electron chi connectivity index (χ3n) is 4.91. The van der Waals surface area contributed by atoms with E-state index in [2.05, 4.69) is 0 Å². The zero-order valence-corrected chi connectivity index (χ0v) is 18.1. The highest BCUT2D eigenvalue weighted by atomic mass is 32.2. The van der Waals surface area contributed by atoms with E-state index >= 15 is 0 Å². The van der Waals surface area contributed by atoms with Crippen molar-refractivity contribution in [2.24, 2.45) is 0 Å². The number of benzene rings is 3. The van der Waals surface area contributed by atoms with Crippen LogP contribution in [0.4, 0.5) is 0 Å². The van der Waals surface area contributed by atoms with Crippen molar-refractivity contribution in [3.05, 3.63) is 65.7 Å². The van der Waals surface area contributed by atoms with E-state index in [4.69, 9.17) is 9.02 Å². The van der Waals surface area contributed by atoms with Gasteiger partial charge in [-0.05, 0) is 31.5 Å².